The predicted molar refractivity (Wildman–Crippen MR) is 81.1 cm³/mol. The van der Waals surface area contributed by atoms with Crippen molar-refractivity contribution in [3.8, 4) is 11.8 Å². The lowest BCUT2D eigenvalue weighted by Gasteiger charge is -2.14. The molecular weight excluding hydrogens is 339 g/mol. The van der Waals surface area contributed by atoms with Crippen molar-refractivity contribution >= 4 is 34.5 Å². The molecule has 0 fully saturated rings. The van der Waals surface area contributed by atoms with E-state index in [4.69, 9.17) is 11.6 Å². The van der Waals surface area contributed by atoms with Gasteiger partial charge in [-0.25, -0.2) is 0 Å². The van der Waals surface area contributed by atoms with Gasteiger partial charge in [-0.3, -0.25) is 0 Å². The largest absolute Gasteiger partial charge is 0.434 e. The Morgan fingerprint density at radius 1 is 1.14 bits per heavy atom. The van der Waals surface area contributed by atoms with Crippen LogP contribution in [0, 0.1) is 11.8 Å². The van der Waals surface area contributed by atoms with Crippen molar-refractivity contribution in [2.24, 2.45) is 0 Å². The third kappa shape index (κ3) is 4.00. The Labute approximate surface area is 133 Å². The molecule has 2 aromatic rings. The highest BCUT2D eigenvalue weighted by molar-refractivity contribution is 7.16. The first-order valence-corrected chi connectivity index (χ1v) is 7.90. The Balaban J connectivity index is 2.28. The molecule has 0 aliphatic heterocycles. The van der Waals surface area contributed by atoms with Gasteiger partial charge < -0.3 is 0 Å². The summed E-state index contributed by atoms with van der Waals surface area (Å²) in [5, 5.41) is 0. The standard InChI is InChI=1S/C14H11ClF3NS2/c1-13(2,3)11-6-8(12(15)20-11)4-5-9-7-10(19-21-9)14(16,17)18/h6-7H,1-3H3. The summed E-state index contributed by atoms with van der Waals surface area (Å²) in [4.78, 5) is 1.35. The smallest absolute Gasteiger partial charge is 0.187 e. The van der Waals surface area contributed by atoms with Crippen LogP contribution in [0.1, 0.15) is 41.8 Å². The van der Waals surface area contributed by atoms with E-state index >= 15 is 0 Å². The van der Waals surface area contributed by atoms with E-state index in [-0.39, 0.29) is 10.3 Å². The van der Waals surface area contributed by atoms with Crippen LogP contribution in [0.15, 0.2) is 12.1 Å². The van der Waals surface area contributed by atoms with Gasteiger partial charge >= 0.3 is 6.18 Å². The Hall–Kier alpha value is -1.03. The maximum absolute atomic E-state index is 12.4. The van der Waals surface area contributed by atoms with Crippen LogP contribution in [-0.4, -0.2) is 4.37 Å². The van der Waals surface area contributed by atoms with Crippen LogP contribution in [-0.2, 0) is 11.6 Å². The summed E-state index contributed by atoms with van der Waals surface area (Å²) in [7, 11) is 0. The summed E-state index contributed by atoms with van der Waals surface area (Å²) >= 11 is 8.29. The summed E-state index contributed by atoms with van der Waals surface area (Å²) in [5.41, 5.74) is -0.320. The van der Waals surface area contributed by atoms with Crippen molar-refractivity contribution in [3.63, 3.8) is 0 Å². The number of aromatic nitrogens is 1. The highest BCUT2D eigenvalue weighted by Gasteiger charge is 2.33. The fourth-order valence-electron chi connectivity index (χ4n) is 1.42. The van der Waals surface area contributed by atoms with Crippen LogP contribution in [0.2, 0.25) is 4.34 Å². The van der Waals surface area contributed by atoms with Gasteiger partial charge in [-0.05, 0) is 35.0 Å². The lowest BCUT2D eigenvalue weighted by atomic mass is 9.94. The quantitative estimate of drug-likeness (QED) is 0.566. The molecule has 0 bridgehead atoms. The zero-order valence-corrected chi connectivity index (χ0v) is 13.8. The molecule has 21 heavy (non-hydrogen) atoms. The fourth-order valence-corrected chi connectivity index (χ4v) is 3.28. The normalized spacial score (nSPS) is 12.1. The third-order valence-corrected chi connectivity index (χ3v) is 5.04. The zero-order valence-electron chi connectivity index (χ0n) is 11.4. The Bertz CT molecular complexity index is 711. The van der Waals surface area contributed by atoms with Gasteiger partial charge in [0.25, 0.3) is 0 Å². The zero-order chi connectivity index (χ0) is 15.8. The Morgan fingerprint density at radius 2 is 1.81 bits per heavy atom. The van der Waals surface area contributed by atoms with Gasteiger partial charge in [-0.15, -0.1) is 11.3 Å². The van der Waals surface area contributed by atoms with Crippen LogP contribution in [0.4, 0.5) is 13.2 Å². The van der Waals surface area contributed by atoms with E-state index in [0.29, 0.717) is 9.90 Å². The number of hydrogen-bond donors (Lipinski definition) is 0. The molecule has 0 unspecified atom stereocenters. The van der Waals surface area contributed by atoms with Gasteiger partial charge in [0.05, 0.1) is 10.4 Å². The molecule has 0 saturated carbocycles. The lowest BCUT2D eigenvalue weighted by Crippen LogP contribution is -2.07. The van der Waals surface area contributed by atoms with Crippen LogP contribution in [0.25, 0.3) is 0 Å². The van der Waals surface area contributed by atoms with Crippen molar-refractivity contribution in [1.29, 1.82) is 0 Å². The van der Waals surface area contributed by atoms with Gasteiger partial charge in [0.15, 0.2) is 5.69 Å². The van der Waals surface area contributed by atoms with Crippen molar-refractivity contribution in [3.05, 3.63) is 37.5 Å². The molecule has 0 atom stereocenters. The first-order chi connectivity index (χ1) is 9.57. The van der Waals surface area contributed by atoms with Gasteiger partial charge in [-0.1, -0.05) is 38.3 Å². The van der Waals surface area contributed by atoms with Crippen LogP contribution in [0.5, 0.6) is 0 Å². The fraction of sp³-hybridized carbons (Fsp3) is 0.357. The van der Waals surface area contributed by atoms with Crippen LogP contribution in [0.3, 0.4) is 0 Å². The highest BCUT2D eigenvalue weighted by atomic mass is 35.5. The number of nitrogens with zero attached hydrogens (tertiary/aromatic N) is 1. The first kappa shape index (κ1) is 16.3. The number of alkyl halides is 3. The van der Waals surface area contributed by atoms with Crippen molar-refractivity contribution in [1.82, 2.24) is 4.37 Å². The third-order valence-electron chi connectivity index (χ3n) is 2.55. The molecule has 0 aromatic carbocycles. The summed E-state index contributed by atoms with van der Waals surface area (Å²) in [6.45, 7) is 6.18. The molecule has 0 N–H and O–H groups in total. The number of thiophene rings is 1. The number of hydrogen-bond acceptors (Lipinski definition) is 3. The lowest BCUT2D eigenvalue weighted by molar-refractivity contribution is -0.140. The van der Waals surface area contributed by atoms with E-state index in [1.54, 1.807) is 0 Å². The van der Waals surface area contributed by atoms with E-state index in [1.165, 1.54) is 11.3 Å². The molecule has 0 saturated heterocycles. The maximum atomic E-state index is 12.4. The van der Waals surface area contributed by atoms with E-state index in [0.717, 1.165) is 22.5 Å². The molecule has 2 rings (SSSR count). The minimum atomic E-state index is -4.43. The maximum Gasteiger partial charge on any atom is 0.434 e. The van der Waals surface area contributed by atoms with Crippen molar-refractivity contribution < 1.29 is 13.2 Å². The monoisotopic (exact) mass is 349 g/mol. The van der Waals surface area contributed by atoms with Gasteiger partial charge in [0.1, 0.15) is 4.34 Å². The molecule has 0 amide bonds. The molecular formula is C14H11ClF3NS2. The highest BCUT2D eigenvalue weighted by Crippen LogP contribution is 2.35. The van der Waals surface area contributed by atoms with E-state index < -0.39 is 11.9 Å². The van der Waals surface area contributed by atoms with E-state index in [1.807, 2.05) is 6.07 Å². The average Bonchev–Trinajstić information content (AvgIpc) is 2.91. The summed E-state index contributed by atoms with van der Waals surface area (Å²) < 4.78 is 41.2. The van der Waals surface area contributed by atoms with Gasteiger partial charge in [-0.2, -0.15) is 17.5 Å². The van der Waals surface area contributed by atoms with Crippen molar-refractivity contribution in [2.75, 3.05) is 0 Å². The Kier molecular flexibility index (Phi) is 4.39. The van der Waals surface area contributed by atoms with Gasteiger partial charge in [0, 0.05) is 4.88 Å². The molecule has 2 aromatic heterocycles. The number of halogens is 4. The molecule has 0 aliphatic rings. The summed E-state index contributed by atoms with van der Waals surface area (Å²) in [6, 6.07) is 2.83. The van der Waals surface area contributed by atoms with Crippen LogP contribution >= 0.6 is 34.5 Å². The second kappa shape index (κ2) is 5.64. The second-order valence-electron chi connectivity index (χ2n) is 5.37. The second-order valence-corrected chi connectivity index (χ2v) is 7.83. The molecule has 0 radical (unpaired) electrons. The first-order valence-electron chi connectivity index (χ1n) is 5.93. The van der Waals surface area contributed by atoms with Gasteiger partial charge in [0.2, 0.25) is 0 Å². The molecule has 0 spiro atoms. The van der Waals surface area contributed by atoms with Crippen LogP contribution < -0.4 is 0 Å². The SMILES string of the molecule is CC(C)(C)c1cc(C#Cc2cc(C(F)(F)F)ns2)c(Cl)s1. The molecule has 0 aliphatic carbocycles. The minimum absolute atomic E-state index is 0.0395. The summed E-state index contributed by atoms with van der Waals surface area (Å²) in [6.07, 6.45) is -4.43. The predicted octanol–water partition coefficient (Wildman–Crippen LogP) is 5.57. The minimum Gasteiger partial charge on any atom is -0.187 e. The average molecular weight is 350 g/mol. The van der Waals surface area contributed by atoms with E-state index in [2.05, 4.69) is 37.0 Å². The molecule has 1 nitrogen and oxygen atoms in total. The molecule has 2 heterocycles. The summed E-state index contributed by atoms with van der Waals surface area (Å²) in [5.74, 6) is 5.51. The van der Waals surface area contributed by atoms with Crippen molar-refractivity contribution in [2.45, 2.75) is 32.4 Å². The molecule has 7 heteroatoms. The molecule has 112 valence electrons. The topological polar surface area (TPSA) is 12.9 Å². The van der Waals surface area contributed by atoms with E-state index in [9.17, 15) is 13.2 Å². The number of rotatable bonds is 0. The Morgan fingerprint density at radius 3 is 2.29 bits per heavy atom.